The van der Waals surface area contributed by atoms with E-state index in [9.17, 15) is 0 Å². The van der Waals surface area contributed by atoms with Gasteiger partial charge in [-0.05, 0) is 19.1 Å². The lowest BCUT2D eigenvalue weighted by Crippen LogP contribution is -2.30. The molecule has 0 unspecified atom stereocenters. The van der Waals surface area contributed by atoms with E-state index >= 15 is 0 Å². The third-order valence-corrected chi connectivity index (χ3v) is 3.82. The van der Waals surface area contributed by atoms with Gasteiger partial charge in [0.15, 0.2) is 0 Å². The number of hydrogen-bond acceptors (Lipinski definition) is 5. The molecule has 5 heteroatoms. The summed E-state index contributed by atoms with van der Waals surface area (Å²) in [4.78, 5) is 4.56. The molecule has 84 valence electrons. The highest BCUT2D eigenvalue weighted by Gasteiger charge is 2.05. The van der Waals surface area contributed by atoms with Crippen LogP contribution in [-0.4, -0.2) is 19.1 Å². The average Bonchev–Trinajstić information content (AvgIpc) is 2.28. The van der Waals surface area contributed by atoms with Crippen molar-refractivity contribution < 1.29 is 0 Å². The van der Waals surface area contributed by atoms with E-state index in [1.807, 2.05) is 25.2 Å². The molecular weight excluding hydrogens is 238 g/mol. The molecular formula is C11H13N3S2. The normalized spacial score (nSPS) is 10.7. The van der Waals surface area contributed by atoms with Gasteiger partial charge in [-0.2, -0.15) is 0 Å². The molecule has 0 saturated carbocycles. The number of rotatable bonds is 2. The van der Waals surface area contributed by atoms with Crippen LogP contribution in [0.15, 0.2) is 18.2 Å². The molecule has 0 saturated heterocycles. The molecule has 1 N–H and O–H groups in total. The van der Waals surface area contributed by atoms with Gasteiger partial charge in [-0.3, -0.25) is 5.01 Å². The van der Waals surface area contributed by atoms with Crippen LogP contribution in [0.25, 0.3) is 10.9 Å². The van der Waals surface area contributed by atoms with Gasteiger partial charge in [-0.15, -0.1) is 0 Å². The minimum Gasteiger partial charge on any atom is -0.287 e. The van der Waals surface area contributed by atoms with Crippen molar-refractivity contribution in [2.75, 3.05) is 19.1 Å². The number of benzene rings is 1. The number of nitrogens with one attached hydrogen (secondary N) is 1. The van der Waals surface area contributed by atoms with Crippen molar-refractivity contribution in [3.05, 3.63) is 27.6 Å². The van der Waals surface area contributed by atoms with Crippen molar-refractivity contribution in [3.63, 3.8) is 0 Å². The van der Waals surface area contributed by atoms with Gasteiger partial charge in [0.1, 0.15) is 3.82 Å². The van der Waals surface area contributed by atoms with Gasteiger partial charge >= 0.3 is 0 Å². The summed E-state index contributed by atoms with van der Waals surface area (Å²) in [5.41, 5.74) is 5.18. The van der Waals surface area contributed by atoms with E-state index in [-0.39, 0.29) is 0 Å². The number of nitrogens with zero attached hydrogens (tertiary/aromatic N) is 2. The molecule has 1 aromatic carbocycles. The van der Waals surface area contributed by atoms with Crippen LogP contribution in [0.5, 0.6) is 0 Å². The van der Waals surface area contributed by atoms with Gasteiger partial charge in [0.25, 0.3) is 0 Å². The van der Waals surface area contributed by atoms with Crippen molar-refractivity contribution in [2.24, 2.45) is 0 Å². The second-order valence-electron chi connectivity index (χ2n) is 3.59. The smallest absolute Gasteiger partial charge is 0.201 e. The van der Waals surface area contributed by atoms with E-state index in [4.69, 9.17) is 12.2 Å². The van der Waals surface area contributed by atoms with Crippen molar-refractivity contribution in [1.29, 1.82) is 0 Å². The molecule has 2 aromatic rings. The summed E-state index contributed by atoms with van der Waals surface area (Å²) in [6, 6.07) is 6.16. The minimum atomic E-state index is 0.879. The first kappa shape index (κ1) is 11.4. The molecule has 0 atom stereocenters. The van der Waals surface area contributed by atoms with Crippen LogP contribution >= 0.6 is 23.6 Å². The Morgan fingerprint density at radius 3 is 2.88 bits per heavy atom. The van der Waals surface area contributed by atoms with E-state index < -0.39 is 0 Å². The number of aryl methyl sites for hydroxylation is 1. The van der Waals surface area contributed by atoms with Crippen molar-refractivity contribution in [3.8, 4) is 0 Å². The van der Waals surface area contributed by atoms with Crippen molar-refractivity contribution in [2.45, 2.75) is 6.92 Å². The van der Waals surface area contributed by atoms with Gasteiger partial charge in [0, 0.05) is 19.5 Å². The fraction of sp³-hybridized carbons (Fsp3) is 0.273. The molecule has 1 heterocycles. The molecule has 16 heavy (non-hydrogen) atoms. The van der Waals surface area contributed by atoms with E-state index in [1.165, 1.54) is 16.9 Å². The summed E-state index contributed by atoms with van der Waals surface area (Å²) in [5, 5.41) is 3.80. The molecule has 0 aliphatic rings. The highest BCUT2D eigenvalue weighted by molar-refractivity contribution is 7.74. The number of aromatic nitrogens is 1. The molecule has 2 rings (SSSR count). The lowest BCUT2D eigenvalue weighted by Gasteiger charge is -2.15. The van der Waals surface area contributed by atoms with E-state index in [0.717, 1.165) is 19.9 Å². The second kappa shape index (κ2) is 4.45. The van der Waals surface area contributed by atoms with Gasteiger partial charge in [0.2, 0.25) is 5.13 Å². The highest BCUT2D eigenvalue weighted by Crippen LogP contribution is 2.24. The van der Waals surface area contributed by atoms with Gasteiger partial charge < -0.3 is 0 Å². The zero-order chi connectivity index (χ0) is 11.7. The lowest BCUT2D eigenvalue weighted by molar-refractivity contribution is 0.787. The molecule has 0 spiro atoms. The van der Waals surface area contributed by atoms with Crippen LogP contribution in [-0.2, 0) is 0 Å². The molecule has 0 aliphatic heterocycles. The van der Waals surface area contributed by atoms with E-state index in [0.29, 0.717) is 0 Å². The Kier molecular flexibility index (Phi) is 3.18. The Bertz CT molecular complexity index is 577. The van der Waals surface area contributed by atoms with Gasteiger partial charge in [-0.1, -0.05) is 35.2 Å². The molecule has 1 aromatic heterocycles. The summed E-state index contributed by atoms with van der Waals surface area (Å²) in [6.07, 6.45) is 0. The Balaban J connectivity index is 2.69. The van der Waals surface area contributed by atoms with E-state index in [2.05, 4.69) is 29.5 Å². The Hall–Kier alpha value is -1.04. The average molecular weight is 251 g/mol. The highest BCUT2D eigenvalue weighted by atomic mass is 32.1. The summed E-state index contributed by atoms with van der Waals surface area (Å²) < 4.78 is 0.880. The summed E-state index contributed by atoms with van der Waals surface area (Å²) in [5.74, 6) is 0. The molecule has 0 aliphatic carbocycles. The van der Waals surface area contributed by atoms with Crippen LogP contribution < -0.4 is 10.4 Å². The number of fused-ring (bicyclic) bond motifs is 1. The molecule has 0 radical (unpaired) electrons. The fourth-order valence-electron chi connectivity index (χ4n) is 1.41. The third kappa shape index (κ3) is 2.07. The summed E-state index contributed by atoms with van der Waals surface area (Å²) in [6.45, 7) is 2.06. The van der Waals surface area contributed by atoms with Crippen LogP contribution in [0.1, 0.15) is 5.56 Å². The van der Waals surface area contributed by atoms with E-state index in [1.54, 1.807) is 0 Å². The quantitative estimate of drug-likeness (QED) is 0.656. The molecule has 0 bridgehead atoms. The fourth-order valence-corrected chi connectivity index (χ4v) is 2.61. The molecule has 0 amide bonds. The summed E-state index contributed by atoms with van der Waals surface area (Å²) in [7, 11) is 3.78. The monoisotopic (exact) mass is 251 g/mol. The predicted molar refractivity (Wildman–Crippen MR) is 72.7 cm³/mol. The number of anilines is 1. The minimum absolute atomic E-state index is 0.879. The maximum Gasteiger partial charge on any atom is 0.201 e. The third-order valence-electron chi connectivity index (χ3n) is 2.39. The first-order valence-corrected chi connectivity index (χ1v) is 6.17. The Morgan fingerprint density at radius 1 is 1.44 bits per heavy atom. The van der Waals surface area contributed by atoms with Crippen LogP contribution in [0, 0.1) is 10.7 Å². The Morgan fingerprint density at radius 2 is 2.19 bits per heavy atom. The Labute approximate surface area is 104 Å². The number of hydrazine groups is 1. The maximum atomic E-state index is 5.39. The standard InChI is InChI=1S/C11H13N3S2/c1-7-4-5-9-8(6-7)10(15)16-11(13-9)14(3)12-2/h4-6,12H,1-3H3. The van der Waals surface area contributed by atoms with Crippen LogP contribution in [0.3, 0.4) is 0 Å². The molecule has 3 nitrogen and oxygen atoms in total. The van der Waals surface area contributed by atoms with Gasteiger partial charge in [-0.25, -0.2) is 10.4 Å². The lowest BCUT2D eigenvalue weighted by atomic mass is 10.2. The van der Waals surface area contributed by atoms with Crippen LogP contribution in [0.2, 0.25) is 0 Å². The topological polar surface area (TPSA) is 28.2 Å². The largest absolute Gasteiger partial charge is 0.287 e. The zero-order valence-electron chi connectivity index (χ0n) is 9.44. The maximum absolute atomic E-state index is 5.39. The van der Waals surface area contributed by atoms with Crippen molar-refractivity contribution >= 4 is 39.6 Å². The van der Waals surface area contributed by atoms with Crippen LogP contribution in [0.4, 0.5) is 5.13 Å². The second-order valence-corrected chi connectivity index (χ2v) is 5.23. The SMILES string of the molecule is CNN(C)c1nc2ccc(C)cc2c(=S)s1. The van der Waals surface area contributed by atoms with Crippen molar-refractivity contribution in [1.82, 2.24) is 10.4 Å². The summed E-state index contributed by atoms with van der Waals surface area (Å²) >= 11 is 6.91. The molecule has 0 fully saturated rings. The predicted octanol–water partition coefficient (Wildman–Crippen LogP) is 2.90. The van der Waals surface area contributed by atoms with Gasteiger partial charge in [0.05, 0.1) is 5.52 Å². The first-order valence-electron chi connectivity index (χ1n) is 4.94. The first-order chi connectivity index (χ1) is 7.61. The number of hydrogen-bond donors (Lipinski definition) is 1. The zero-order valence-corrected chi connectivity index (χ0v) is 11.1.